The molecule has 0 saturated heterocycles. The van der Waals surface area contributed by atoms with Crippen molar-refractivity contribution < 1.29 is 4.39 Å². The Balaban J connectivity index is 2.14. The van der Waals surface area contributed by atoms with Gasteiger partial charge in [-0.3, -0.25) is 0 Å². The Morgan fingerprint density at radius 2 is 2.18 bits per heavy atom. The Hall–Kier alpha value is -1.91. The number of hydrogen-bond acceptors (Lipinski definition) is 3. The summed E-state index contributed by atoms with van der Waals surface area (Å²) in [6.45, 7) is 0. The molecule has 5 heteroatoms. The highest BCUT2D eigenvalue weighted by Gasteiger charge is 2.29. The highest BCUT2D eigenvalue weighted by Crippen LogP contribution is 2.39. The van der Waals surface area contributed by atoms with E-state index in [1.807, 2.05) is 0 Å². The number of nitrogens with two attached hydrogens (primary N) is 1. The van der Waals surface area contributed by atoms with Crippen molar-refractivity contribution in [1.82, 2.24) is 14.8 Å². The van der Waals surface area contributed by atoms with Crippen LogP contribution in [0.25, 0.3) is 11.4 Å². The first-order valence-electron chi connectivity index (χ1n) is 5.62. The van der Waals surface area contributed by atoms with Crippen LogP contribution in [0.1, 0.15) is 24.6 Å². The molecule has 0 aliphatic heterocycles. The first kappa shape index (κ1) is 10.3. The van der Waals surface area contributed by atoms with E-state index in [2.05, 4.69) is 10.1 Å². The fraction of sp³-hybridized carbons (Fsp3) is 0.333. The number of aromatic nitrogens is 3. The number of benzene rings is 1. The van der Waals surface area contributed by atoms with Gasteiger partial charge in [0, 0.05) is 18.7 Å². The summed E-state index contributed by atoms with van der Waals surface area (Å²) >= 11 is 0. The van der Waals surface area contributed by atoms with Crippen LogP contribution in [0.3, 0.4) is 0 Å². The second-order valence-corrected chi connectivity index (χ2v) is 4.40. The predicted octanol–water partition coefficient (Wildman–Crippen LogP) is 2.08. The molecule has 0 spiro atoms. The van der Waals surface area contributed by atoms with E-state index in [-0.39, 0.29) is 5.82 Å². The monoisotopic (exact) mass is 232 g/mol. The summed E-state index contributed by atoms with van der Waals surface area (Å²) < 4.78 is 15.4. The molecule has 3 rings (SSSR count). The zero-order valence-corrected chi connectivity index (χ0v) is 9.52. The lowest BCUT2D eigenvalue weighted by Crippen LogP contribution is -2.00. The highest BCUT2D eigenvalue weighted by atomic mass is 19.1. The molecule has 0 bridgehead atoms. The molecule has 1 heterocycles. The summed E-state index contributed by atoms with van der Waals surface area (Å²) in [4.78, 5) is 4.40. The highest BCUT2D eigenvalue weighted by molar-refractivity contribution is 5.72. The first-order chi connectivity index (χ1) is 8.16. The topological polar surface area (TPSA) is 56.7 Å². The quantitative estimate of drug-likeness (QED) is 0.806. The van der Waals surface area contributed by atoms with Crippen LogP contribution >= 0.6 is 0 Å². The van der Waals surface area contributed by atoms with E-state index in [0.29, 0.717) is 23.0 Å². The van der Waals surface area contributed by atoms with Gasteiger partial charge in [0.1, 0.15) is 5.82 Å². The molecule has 1 aromatic carbocycles. The third-order valence-corrected chi connectivity index (χ3v) is 2.99. The Morgan fingerprint density at radius 1 is 1.41 bits per heavy atom. The van der Waals surface area contributed by atoms with Crippen molar-refractivity contribution in [3.8, 4) is 11.4 Å². The molecule has 2 aromatic rings. The lowest BCUT2D eigenvalue weighted by Gasteiger charge is -2.05. The average molecular weight is 232 g/mol. The van der Waals surface area contributed by atoms with Crippen LogP contribution in [0.15, 0.2) is 18.2 Å². The van der Waals surface area contributed by atoms with Crippen molar-refractivity contribution in [3.05, 3.63) is 29.8 Å². The number of rotatable bonds is 2. The van der Waals surface area contributed by atoms with Gasteiger partial charge < -0.3 is 5.73 Å². The van der Waals surface area contributed by atoms with Gasteiger partial charge in [-0.2, -0.15) is 5.10 Å². The molecular formula is C12H13FN4. The average Bonchev–Trinajstić information content (AvgIpc) is 3.05. The Bertz CT molecular complexity index is 552. The van der Waals surface area contributed by atoms with Gasteiger partial charge in [-0.25, -0.2) is 14.1 Å². The van der Waals surface area contributed by atoms with Crippen molar-refractivity contribution in [2.24, 2.45) is 7.05 Å². The maximum Gasteiger partial charge on any atom is 0.163 e. The molecule has 88 valence electrons. The van der Waals surface area contributed by atoms with E-state index < -0.39 is 0 Å². The third kappa shape index (κ3) is 1.67. The van der Waals surface area contributed by atoms with E-state index in [1.54, 1.807) is 23.9 Å². The maximum atomic E-state index is 13.8. The standard InChI is InChI=1S/C12H13FN4/c1-17-12(15-11(16-17)7-5-6-7)10-8(13)3-2-4-9(10)14/h2-4,7H,5-6,14H2,1H3. The van der Waals surface area contributed by atoms with Crippen molar-refractivity contribution in [2.75, 3.05) is 5.73 Å². The maximum absolute atomic E-state index is 13.8. The van der Waals surface area contributed by atoms with Crippen molar-refractivity contribution in [1.29, 1.82) is 0 Å². The number of anilines is 1. The largest absolute Gasteiger partial charge is 0.398 e. The molecule has 2 N–H and O–H groups in total. The summed E-state index contributed by atoms with van der Waals surface area (Å²) in [6.07, 6.45) is 2.24. The molecule has 1 aliphatic carbocycles. The minimum Gasteiger partial charge on any atom is -0.398 e. The van der Waals surface area contributed by atoms with Gasteiger partial charge in [0.25, 0.3) is 0 Å². The Kier molecular flexibility index (Phi) is 2.14. The SMILES string of the molecule is Cn1nc(C2CC2)nc1-c1c(N)cccc1F. The fourth-order valence-corrected chi connectivity index (χ4v) is 1.91. The molecule has 0 radical (unpaired) electrons. The van der Waals surface area contributed by atoms with Gasteiger partial charge in [-0.05, 0) is 25.0 Å². The van der Waals surface area contributed by atoms with E-state index in [9.17, 15) is 4.39 Å². The van der Waals surface area contributed by atoms with Crippen LogP contribution in [-0.4, -0.2) is 14.8 Å². The molecule has 1 fully saturated rings. The molecule has 0 atom stereocenters. The van der Waals surface area contributed by atoms with Crippen LogP contribution in [0.5, 0.6) is 0 Å². The van der Waals surface area contributed by atoms with Crippen LogP contribution in [0.2, 0.25) is 0 Å². The Labute approximate surface area is 98.3 Å². The van der Waals surface area contributed by atoms with E-state index >= 15 is 0 Å². The van der Waals surface area contributed by atoms with Gasteiger partial charge in [-0.15, -0.1) is 0 Å². The van der Waals surface area contributed by atoms with Gasteiger partial charge >= 0.3 is 0 Å². The molecule has 17 heavy (non-hydrogen) atoms. The molecule has 4 nitrogen and oxygen atoms in total. The summed E-state index contributed by atoms with van der Waals surface area (Å²) in [5, 5.41) is 4.31. The number of nitrogens with zero attached hydrogens (tertiary/aromatic N) is 3. The summed E-state index contributed by atoms with van der Waals surface area (Å²) in [5.74, 6) is 1.39. The zero-order valence-electron chi connectivity index (χ0n) is 9.52. The van der Waals surface area contributed by atoms with Gasteiger partial charge in [0.2, 0.25) is 0 Å². The zero-order chi connectivity index (χ0) is 12.0. The molecular weight excluding hydrogens is 219 g/mol. The van der Waals surface area contributed by atoms with Crippen LogP contribution in [0, 0.1) is 5.82 Å². The smallest absolute Gasteiger partial charge is 0.163 e. The summed E-state index contributed by atoms with van der Waals surface area (Å²) in [6, 6.07) is 4.65. The van der Waals surface area contributed by atoms with E-state index in [4.69, 9.17) is 5.73 Å². The van der Waals surface area contributed by atoms with Crippen LogP contribution in [-0.2, 0) is 7.05 Å². The van der Waals surface area contributed by atoms with Gasteiger partial charge in [0.05, 0.1) is 5.56 Å². The minimum atomic E-state index is -0.358. The van der Waals surface area contributed by atoms with Crippen molar-refractivity contribution in [3.63, 3.8) is 0 Å². The molecule has 1 aliphatic rings. The number of hydrogen-bond donors (Lipinski definition) is 1. The number of halogens is 1. The van der Waals surface area contributed by atoms with E-state index in [0.717, 1.165) is 18.7 Å². The first-order valence-corrected chi connectivity index (χ1v) is 5.62. The normalized spacial score (nSPS) is 15.2. The number of aryl methyl sites for hydroxylation is 1. The Morgan fingerprint density at radius 3 is 2.82 bits per heavy atom. The lowest BCUT2D eigenvalue weighted by atomic mass is 10.1. The lowest BCUT2D eigenvalue weighted by molar-refractivity contribution is 0.628. The van der Waals surface area contributed by atoms with E-state index in [1.165, 1.54) is 6.07 Å². The summed E-state index contributed by atoms with van der Waals surface area (Å²) in [7, 11) is 1.76. The predicted molar refractivity (Wildman–Crippen MR) is 62.8 cm³/mol. The van der Waals surface area contributed by atoms with Crippen LogP contribution < -0.4 is 5.73 Å². The van der Waals surface area contributed by atoms with Gasteiger partial charge in [0.15, 0.2) is 11.6 Å². The van der Waals surface area contributed by atoms with Gasteiger partial charge in [-0.1, -0.05) is 6.07 Å². The molecule has 1 saturated carbocycles. The molecule has 0 amide bonds. The second kappa shape index (κ2) is 3.55. The van der Waals surface area contributed by atoms with Crippen molar-refractivity contribution >= 4 is 5.69 Å². The second-order valence-electron chi connectivity index (χ2n) is 4.40. The molecule has 1 aromatic heterocycles. The molecule has 0 unspecified atom stereocenters. The fourth-order valence-electron chi connectivity index (χ4n) is 1.91. The third-order valence-electron chi connectivity index (χ3n) is 2.99. The van der Waals surface area contributed by atoms with Crippen LogP contribution in [0.4, 0.5) is 10.1 Å². The number of nitrogen functional groups attached to an aromatic ring is 1. The minimum absolute atomic E-state index is 0.342. The van der Waals surface area contributed by atoms with Crippen molar-refractivity contribution in [2.45, 2.75) is 18.8 Å². The summed E-state index contributed by atoms with van der Waals surface area (Å²) in [5.41, 5.74) is 6.54.